The van der Waals surface area contributed by atoms with Crippen molar-refractivity contribution in [3.05, 3.63) is 11.1 Å². The molecule has 102 valence electrons. The quantitative estimate of drug-likeness (QED) is 0.918. The Labute approximate surface area is 116 Å². The molecule has 2 amide bonds. The Hall–Kier alpha value is -1.43. The maximum absolute atomic E-state index is 12.1. The third kappa shape index (κ3) is 2.78. The minimum Gasteiger partial charge on any atom is -0.342 e. The summed E-state index contributed by atoms with van der Waals surface area (Å²) in [7, 11) is 0. The normalized spacial score (nSPS) is 22.6. The molecule has 6 heteroatoms. The van der Waals surface area contributed by atoms with E-state index in [0.717, 1.165) is 12.1 Å². The number of nitrogens with zero attached hydrogens (tertiary/aromatic N) is 2. The number of aromatic nitrogens is 1. The molecule has 19 heavy (non-hydrogen) atoms. The highest BCUT2D eigenvalue weighted by molar-refractivity contribution is 7.13. The third-order valence-electron chi connectivity index (χ3n) is 3.75. The first kappa shape index (κ1) is 12.6. The topological polar surface area (TPSA) is 62.3 Å². The zero-order valence-corrected chi connectivity index (χ0v) is 11.7. The predicted octanol–water partition coefficient (Wildman–Crippen LogP) is 1.83. The van der Waals surface area contributed by atoms with E-state index in [0.29, 0.717) is 24.1 Å². The van der Waals surface area contributed by atoms with Gasteiger partial charge in [-0.3, -0.25) is 9.59 Å². The van der Waals surface area contributed by atoms with Gasteiger partial charge in [-0.25, -0.2) is 4.98 Å². The molecule has 1 aromatic heterocycles. The number of rotatable bonds is 3. The Morgan fingerprint density at radius 2 is 2.21 bits per heavy atom. The van der Waals surface area contributed by atoms with Crippen molar-refractivity contribution in [3.8, 4) is 0 Å². The van der Waals surface area contributed by atoms with E-state index in [1.807, 2.05) is 5.38 Å². The van der Waals surface area contributed by atoms with Crippen LogP contribution in [0.3, 0.4) is 0 Å². The van der Waals surface area contributed by atoms with Gasteiger partial charge in [-0.15, -0.1) is 11.3 Å². The van der Waals surface area contributed by atoms with Crippen molar-refractivity contribution >= 4 is 28.3 Å². The lowest BCUT2D eigenvalue weighted by Crippen LogP contribution is -2.29. The summed E-state index contributed by atoms with van der Waals surface area (Å²) in [5.74, 6) is 0.541. The van der Waals surface area contributed by atoms with E-state index in [1.165, 1.54) is 24.2 Å². The zero-order valence-electron chi connectivity index (χ0n) is 10.9. The van der Waals surface area contributed by atoms with Crippen LogP contribution in [0.15, 0.2) is 5.38 Å². The standard InChI is InChI=1S/C13H17N3O2S/c1-8(17)16-5-4-10(6-16)12(18)15-13-14-11(7-19-13)9-2-3-9/h7,9-10H,2-6H2,1H3,(H,14,15,18)/t10-/m0/s1. The van der Waals surface area contributed by atoms with Crippen LogP contribution in [0, 0.1) is 5.92 Å². The molecule has 1 saturated heterocycles. The third-order valence-corrected chi connectivity index (χ3v) is 4.53. The Morgan fingerprint density at radius 3 is 2.84 bits per heavy atom. The van der Waals surface area contributed by atoms with Crippen LogP contribution in [0.2, 0.25) is 0 Å². The van der Waals surface area contributed by atoms with Crippen LogP contribution in [-0.4, -0.2) is 34.8 Å². The molecule has 1 aromatic rings. The first-order chi connectivity index (χ1) is 9.13. The summed E-state index contributed by atoms with van der Waals surface area (Å²) in [5, 5.41) is 5.60. The molecule has 2 fully saturated rings. The predicted molar refractivity (Wildman–Crippen MR) is 73.1 cm³/mol. The van der Waals surface area contributed by atoms with Crippen molar-refractivity contribution in [1.29, 1.82) is 0 Å². The van der Waals surface area contributed by atoms with Gasteiger partial charge in [0.2, 0.25) is 11.8 Å². The first-order valence-electron chi connectivity index (χ1n) is 6.65. The molecule has 1 atom stereocenters. The van der Waals surface area contributed by atoms with Crippen molar-refractivity contribution in [3.63, 3.8) is 0 Å². The second kappa shape index (κ2) is 4.92. The van der Waals surface area contributed by atoms with Crippen LogP contribution in [0.1, 0.15) is 37.8 Å². The summed E-state index contributed by atoms with van der Waals surface area (Å²) >= 11 is 1.49. The average molecular weight is 279 g/mol. The van der Waals surface area contributed by atoms with Gasteiger partial charge in [0, 0.05) is 31.3 Å². The summed E-state index contributed by atoms with van der Waals surface area (Å²) in [5.41, 5.74) is 1.11. The van der Waals surface area contributed by atoms with Crippen molar-refractivity contribution < 1.29 is 9.59 Å². The number of thiazole rings is 1. The largest absolute Gasteiger partial charge is 0.342 e. The number of nitrogens with one attached hydrogen (secondary N) is 1. The SMILES string of the molecule is CC(=O)N1CC[C@H](C(=O)Nc2nc(C3CC3)cs2)C1. The molecule has 1 aliphatic carbocycles. The molecule has 0 unspecified atom stereocenters. The molecular weight excluding hydrogens is 262 g/mol. The molecule has 2 heterocycles. The van der Waals surface area contributed by atoms with E-state index in [9.17, 15) is 9.59 Å². The Morgan fingerprint density at radius 1 is 1.42 bits per heavy atom. The second-order valence-electron chi connectivity index (χ2n) is 5.29. The van der Waals surface area contributed by atoms with Gasteiger partial charge in [0.15, 0.2) is 5.13 Å². The van der Waals surface area contributed by atoms with Crippen LogP contribution in [-0.2, 0) is 9.59 Å². The first-order valence-corrected chi connectivity index (χ1v) is 7.53. The molecule has 0 aromatic carbocycles. The zero-order chi connectivity index (χ0) is 13.4. The van der Waals surface area contributed by atoms with Crippen LogP contribution in [0.4, 0.5) is 5.13 Å². The fraction of sp³-hybridized carbons (Fsp3) is 0.615. The maximum atomic E-state index is 12.1. The van der Waals surface area contributed by atoms with E-state index < -0.39 is 0 Å². The highest BCUT2D eigenvalue weighted by Crippen LogP contribution is 2.40. The van der Waals surface area contributed by atoms with E-state index in [1.54, 1.807) is 11.8 Å². The molecule has 0 bridgehead atoms. The van der Waals surface area contributed by atoms with E-state index in [4.69, 9.17) is 0 Å². The minimum atomic E-state index is -0.0998. The minimum absolute atomic E-state index is 0.0135. The summed E-state index contributed by atoms with van der Waals surface area (Å²) in [6, 6.07) is 0. The van der Waals surface area contributed by atoms with Gasteiger partial charge in [0.25, 0.3) is 0 Å². The molecule has 3 rings (SSSR count). The van der Waals surface area contributed by atoms with Crippen LogP contribution < -0.4 is 5.32 Å². The summed E-state index contributed by atoms with van der Waals surface area (Å²) in [4.78, 5) is 29.5. The van der Waals surface area contributed by atoms with Gasteiger partial charge < -0.3 is 10.2 Å². The lowest BCUT2D eigenvalue weighted by Gasteiger charge is -2.13. The Bertz CT molecular complexity index is 510. The van der Waals surface area contributed by atoms with Gasteiger partial charge >= 0.3 is 0 Å². The molecule has 2 aliphatic rings. The summed E-state index contributed by atoms with van der Waals surface area (Å²) in [6.45, 7) is 2.75. The number of amides is 2. The van der Waals surface area contributed by atoms with Gasteiger partial charge in [0.1, 0.15) is 0 Å². The second-order valence-corrected chi connectivity index (χ2v) is 6.15. The summed E-state index contributed by atoms with van der Waals surface area (Å²) < 4.78 is 0. The van der Waals surface area contributed by atoms with Gasteiger partial charge in [-0.2, -0.15) is 0 Å². The smallest absolute Gasteiger partial charge is 0.231 e. The van der Waals surface area contributed by atoms with Crippen LogP contribution in [0.25, 0.3) is 0 Å². The Balaban J connectivity index is 1.57. The number of hydrogen-bond acceptors (Lipinski definition) is 4. The lowest BCUT2D eigenvalue weighted by atomic mass is 10.1. The molecule has 1 saturated carbocycles. The number of carbonyl (C=O) groups excluding carboxylic acids is 2. The average Bonchev–Trinajstić information content (AvgIpc) is 2.92. The fourth-order valence-corrected chi connectivity index (χ4v) is 3.17. The van der Waals surface area contributed by atoms with E-state index in [2.05, 4.69) is 10.3 Å². The van der Waals surface area contributed by atoms with Crippen molar-refractivity contribution in [2.75, 3.05) is 18.4 Å². The van der Waals surface area contributed by atoms with E-state index >= 15 is 0 Å². The molecule has 5 nitrogen and oxygen atoms in total. The molecule has 0 spiro atoms. The van der Waals surface area contributed by atoms with Gasteiger partial charge in [-0.05, 0) is 19.3 Å². The molecule has 1 N–H and O–H groups in total. The molecule has 0 radical (unpaired) electrons. The van der Waals surface area contributed by atoms with Gasteiger partial charge in [0.05, 0.1) is 11.6 Å². The highest BCUT2D eigenvalue weighted by Gasteiger charge is 2.30. The number of anilines is 1. The summed E-state index contributed by atoms with van der Waals surface area (Å²) in [6.07, 6.45) is 3.17. The lowest BCUT2D eigenvalue weighted by molar-refractivity contribution is -0.128. The van der Waals surface area contributed by atoms with Gasteiger partial charge in [-0.1, -0.05) is 0 Å². The fourth-order valence-electron chi connectivity index (χ4n) is 2.38. The number of likely N-dealkylation sites (tertiary alicyclic amines) is 1. The van der Waals surface area contributed by atoms with E-state index in [-0.39, 0.29) is 17.7 Å². The molecule has 1 aliphatic heterocycles. The van der Waals surface area contributed by atoms with Crippen LogP contribution >= 0.6 is 11.3 Å². The molecular formula is C13H17N3O2S. The van der Waals surface area contributed by atoms with Crippen molar-refractivity contribution in [1.82, 2.24) is 9.88 Å². The van der Waals surface area contributed by atoms with Crippen LogP contribution in [0.5, 0.6) is 0 Å². The highest BCUT2D eigenvalue weighted by atomic mass is 32.1. The van der Waals surface area contributed by atoms with Crippen molar-refractivity contribution in [2.24, 2.45) is 5.92 Å². The number of carbonyl (C=O) groups is 2. The number of hydrogen-bond donors (Lipinski definition) is 1. The monoisotopic (exact) mass is 279 g/mol. The van der Waals surface area contributed by atoms with Crippen molar-refractivity contribution in [2.45, 2.75) is 32.1 Å². The maximum Gasteiger partial charge on any atom is 0.231 e. The Kier molecular flexibility index (Phi) is 3.26.